The van der Waals surface area contributed by atoms with Crippen molar-refractivity contribution in [3.63, 3.8) is 0 Å². The Morgan fingerprint density at radius 1 is 1.15 bits per heavy atom. The van der Waals surface area contributed by atoms with Crippen LogP contribution in [0.15, 0.2) is 36.5 Å². The first-order valence-electron chi connectivity index (χ1n) is 9.85. The van der Waals surface area contributed by atoms with E-state index in [1.54, 1.807) is 0 Å². The molecule has 4 rings (SSSR count). The van der Waals surface area contributed by atoms with E-state index in [0.717, 1.165) is 51.3 Å². The molecule has 0 saturated carbocycles. The first-order chi connectivity index (χ1) is 12.6. The van der Waals surface area contributed by atoms with Crippen molar-refractivity contribution in [1.82, 2.24) is 19.6 Å². The molecule has 26 heavy (non-hydrogen) atoms. The van der Waals surface area contributed by atoms with Gasteiger partial charge in [-0.1, -0.05) is 30.3 Å². The number of piperazine rings is 1. The summed E-state index contributed by atoms with van der Waals surface area (Å²) in [5.74, 6) is 0. The Bertz CT molecular complexity index is 729. The summed E-state index contributed by atoms with van der Waals surface area (Å²) in [4.78, 5) is 5.12. The summed E-state index contributed by atoms with van der Waals surface area (Å²) in [6, 6.07) is 11.7. The zero-order valence-corrected chi connectivity index (χ0v) is 15.9. The van der Waals surface area contributed by atoms with E-state index < -0.39 is 0 Å². The maximum atomic E-state index is 10.1. The van der Waals surface area contributed by atoms with Crippen LogP contribution in [-0.2, 0) is 19.5 Å². The van der Waals surface area contributed by atoms with Crippen LogP contribution in [0.2, 0.25) is 0 Å². The van der Waals surface area contributed by atoms with Crippen LogP contribution in [0.5, 0.6) is 0 Å². The monoisotopic (exact) mass is 354 g/mol. The van der Waals surface area contributed by atoms with E-state index in [4.69, 9.17) is 0 Å². The first-order valence-corrected chi connectivity index (χ1v) is 9.85. The largest absolute Gasteiger partial charge is 0.392 e. The standard InChI is InChI=1S/C21H30N4O/c1-3-25-12-18(16(2)22-25)11-23-14-20-10-21(26)15-24(20)13-19(23)9-17-7-5-4-6-8-17/h4-8,12,19-21,26H,3,9-11,13-15H2,1-2H3/t19-,20+,21-/m1/s1. The van der Waals surface area contributed by atoms with Crippen LogP contribution in [0, 0.1) is 6.92 Å². The first kappa shape index (κ1) is 17.7. The number of hydrogen-bond acceptors (Lipinski definition) is 4. The second kappa shape index (κ2) is 7.51. The van der Waals surface area contributed by atoms with Crippen molar-refractivity contribution in [1.29, 1.82) is 0 Å². The maximum absolute atomic E-state index is 10.1. The third-order valence-corrected chi connectivity index (χ3v) is 5.97. The summed E-state index contributed by atoms with van der Waals surface area (Å²) >= 11 is 0. The zero-order chi connectivity index (χ0) is 18.1. The van der Waals surface area contributed by atoms with Gasteiger partial charge in [0.1, 0.15) is 0 Å². The van der Waals surface area contributed by atoms with Crippen molar-refractivity contribution >= 4 is 0 Å². The number of benzene rings is 1. The molecule has 3 atom stereocenters. The van der Waals surface area contributed by atoms with Crippen LogP contribution < -0.4 is 0 Å². The van der Waals surface area contributed by atoms with Gasteiger partial charge < -0.3 is 5.11 Å². The lowest BCUT2D eigenvalue weighted by atomic mass is 9.99. The van der Waals surface area contributed by atoms with E-state index in [2.05, 4.69) is 65.3 Å². The van der Waals surface area contributed by atoms with Crippen molar-refractivity contribution in [2.45, 2.75) is 58.0 Å². The summed E-state index contributed by atoms with van der Waals surface area (Å²) in [6.45, 7) is 9.01. The van der Waals surface area contributed by atoms with Gasteiger partial charge in [-0.25, -0.2) is 0 Å². The lowest BCUT2D eigenvalue weighted by molar-refractivity contribution is 0.0444. The van der Waals surface area contributed by atoms with Crippen LogP contribution in [-0.4, -0.2) is 62.5 Å². The number of aromatic nitrogens is 2. The molecule has 1 aromatic heterocycles. The van der Waals surface area contributed by atoms with Crippen LogP contribution in [0.25, 0.3) is 0 Å². The Balaban J connectivity index is 1.54. The number of aliphatic hydroxyl groups is 1. The van der Waals surface area contributed by atoms with Crippen molar-refractivity contribution in [3.8, 4) is 0 Å². The van der Waals surface area contributed by atoms with Gasteiger partial charge in [0, 0.05) is 56.6 Å². The molecular weight excluding hydrogens is 324 g/mol. The number of hydrogen-bond donors (Lipinski definition) is 1. The van der Waals surface area contributed by atoms with Gasteiger partial charge in [-0.3, -0.25) is 14.5 Å². The van der Waals surface area contributed by atoms with Gasteiger partial charge in [-0.15, -0.1) is 0 Å². The Labute approximate surface area is 156 Å². The average Bonchev–Trinajstić information content (AvgIpc) is 3.17. The second-order valence-corrected chi connectivity index (χ2v) is 7.87. The van der Waals surface area contributed by atoms with Gasteiger partial charge >= 0.3 is 0 Å². The van der Waals surface area contributed by atoms with E-state index >= 15 is 0 Å². The Kier molecular flexibility index (Phi) is 5.11. The van der Waals surface area contributed by atoms with E-state index in [1.807, 2.05) is 4.68 Å². The molecule has 0 radical (unpaired) electrons. The summed E-state index contributed by atoms with van der Waals surface area (Å²) in [5, 5.41) is 14.7. The Hall–Kier alpha value is -1.69. The SMILES string of the molecule is CCn1cc(CN2C[C@@H]3C[C@@H](O)CN3C[C@H]2Cc2ccccc2)c(C)n1. The molecule has 1 aromatic carbocycles. The quantitative estimate of drug-likeness (QED) is 0.893. The van der Waals surface area contributed by atoms with Crippen LogP contribution in [0.4, 0.5) is 0 Å². The maximum Gasteiger partial charge on any atom is 0.0682 e. The molecule has 2 saturated heterocycles. The molecule has 0 aliphatic carbocycles. The predicted molar refractivity (Wildman–Crippen MR) is 103 cm³/mol. The van der Waals surface area contributed by atoms with E-state index in [1.165, 1.54) is 11.1 Å². The average molecular weight is 354 g/mol. The van der Waals surface area contributed by atoms with Crippen molar-refractivity contribution in [2.24, 2.45) is 0 Å². The van der Waals surface area contributed by atoms with Gasteiger partial charge in [0.25, 0.3) is 0 Å². The number of nitrogens with zero attached hydrogens (tertiary/aromatic N) is 4. The minimum Gasteiger partial charge on any atom is -0.392 e. The number of aliphatic hydroxyl groups excluding tert-OH is 1. The fourth-order valence-electron chi connectivity index (χ4n) is 4.55. The van der Waals surface area contributed by atoms with Crippen molar-refractivity contribution < 1.29 is 5.11 Å². The molecule has 1 N–H and O–H groups in total. The fourth-order valence-corrected chi connectivity index (χ4v) is 4.55. The smallest absolute Gasteiger partial charge is 0.0682 e. The third-order valence-electron chi connectivity index (χ3n) is 5.97. The number of rotatable bonds is 5. The van der Waals surface area contributed by atoms with Crippen molar-refractivity contribution in [3.05, 3.63) is 53.3 Å². The lowest BCUT2D eigenvalue weighted by Crippen LogP contribution is -2.56. The van der Waals surface area contributed by atoms with Gasteiger partial charge in [0.05, 0.1) is 11.8 Å². The lowest BCUT2D eigenvalue weighted by Gasteiger charge is -2.43. The van der Waals surface area contributed by atoms with Crippen LogP contribution >= 0.6 is 0 Å². The topological polar surface area (TPSA) is 44.5 Å². The Morgan fingerprint density at radius 3 is 2.69 bits per heavy atom. The van der Waals surface area contributed by atoms with Crippen LogP contribution in [0.1, 0.15) is 30.2 Å². The van der Waals surface area contributed by atoms with Gasteiger partial charge in [-0.05, 0) is 32.3 Å². The Morgan fingerprint density at radius 2 is 1.96 bits per heavy atom. The van der Waals surface area contributed by atoms with E-state index in [0.29, 0.717) is 12.1 Å². The molecule has 0 unspecified atom stereocenters. The third kappa shape index (κ3) is 3.70. The fraction of sp³-hybridized carbons (Fsp3) is 0.571. The summed E-state index contributed by atoms with van der Waals surface area (Å²) in [5.41, 5.74) is 3.86. The molecule has 5 nitrogen and oxygen atoms in total. The molecule has 0 bridgehead atoms. The molecule has 0 amide bonds. The highest BCUT2D eigenvalue weighted by atomic mass is 16.3. The minimum atomic E-state index is -0.165. The molecule has 2 aliphatic rings. The minimum absolute atomic E-state index is 0.165. The van der Waals surface area contributed by atoms with Gasteiger partial charge in [-0.2, -0.15) is 5.10 Å². The normalized spacial score (nSPS) is 27.0. The molecule has 5 heteroatoms. The van der Waals surface area contributed by atoms with E-state index in [9.17, 15) is 5.11 Å². The number of fused-ring (bicyclic) bond motifs is 1. The molecule has 2 aliphatic heterocycles. The van der Waals surface area contributed by atoms with Crippen LogP contribution in [0.3, 0.4) is 0 Å². The molecule has 2 fully saturated rings. The summed E-state index contributed by atoms with van der Waals surface area (Å²) in [6.07, 6.45) is 4.00. The second-order valence-electron chi connectivity index (χ2n) is 7.87. The highest BCUT2D eigenvalue weighted by Gasteiger charge is 2.39. The molecule has 140 valence electrons. The van der Waals surface area contributed by atoms with Gasteiger partial charge in [0.15, 0.2) is 0 Å². The number of aryl methyl sites for hydroxylation is 2. The van der Waals surface area contributed by atoms with Crippen molar-refractivity contribution in [2.75, 3.05) is 19.6 Å². The van der Waals surface area contributed by atoms with Gasteiger partial charge in [0.2, 0.25) is 0 Å². The molecule has 3 heterocycles. The highest BCUT2D eigenvalue weighted by Crippen LogP contribution is 2.28. The van der Waals surface area contributed by atoms with E-state index in [-0.39, 0.29) is 6.10 Å². The predicted octanol–water partition coefficient (Wildman–Crippen LogP) is 2.07. The highest BCUT2D eigenvalue weighted by molar-refractivity contribution is 5.19. The summed E-state index contributed by atoms with van der Waals surface area (Å²) in [7, 11) is 0. The molecule has 0 spiro atoms. The summed E-state index contributed by atoms with van der Waals surface area (Å²) < 4.78 is 2.03. The molecule has 2 aromatic rings. The zero-order valence-electron chi connectivity index (χ0n) is 15.9. The molecular formula is C21H30N4O.